The zero-order chi connectivity index (χ0) is 15.5. The zero-order valence-corrected chi connectivity index (χ0v) is 14.0. The van der Waals surface area contributed by atoms with Crippen LogP contribution in [0.25, 0.3) is 0 Å². The molecule has 4 nitrogen and oxygen atoms in total. The third kappa shape index (κ3) is 3.69. The topological polar surface area (TPSA) is 32.3 Å². The number of nitrogens with zero attached hydrogens (tertiary/aromatic N) is 4. The fourth-order valence-corrected chi connectivity index (χ4v) is 2.91. The molecule has 1 saturated heterocycles. The first-order valence-corrected chi connectivity index (χ1v) is 8.08. The third-order valence-corrected chi connectivity index (χ3v) is 4.57. The van der Waals surface area contributed by atoms with Gasteiger partial charge in [0.25, 0.3) is 0 Å². The Morgan fingerprint density at radius 2 is 1.82 bits per heavy atom. The number of rotatable bonds is 3. The summed E-state index contributed by atoms with van der Waals surface area (Å²) in [5.41, 5.74) is 2.19. The van der Waals surface area contributed by atoms with Crippen molar-refractivity contribution in [1.82, 2.24) is 14.9 Å². The average Bonchev–Trinajstić information content (AvgIpc) is 2.52. The van der Waals surface area contributed by atoms with Crippen LogP contribution in [0.3, 0.4) is 0 Å². The fraction of sp³-hybridized carbons (Fsp3) is 0.375. The minimum atomic E-state index is 0.604. The van der Waals surface area contributed by atoms with Crippen molar-refractivity contribution >= 4 is 29.2 Å². The van der Waals surface area contributed by atoms with E-state index in [4.69, 9.17) is 23.2 Å². The van der Waals surface area contributed by atoms with Gasteiger partial charge in [0.05, 0.1) is 10.0 Å². The summed E-state index contributed by atoms with van der Waals surface area (Å²) < 4.78 is 0. The van der Waals surface area contributed by atoms with Crippen molar-refractivity contribution in [3.8, 4) is 0 Å². The second kappa shape index (κ2) is 6.82. The van der Waals surface area contributed by atoms with E-state index < -0.39 is 0 Å². The number of hydrogen-bond donors (Lipinski definition) is 0. The van der Waals surface area contributed by atoms with Crippen LogP contribution >= 0.6 is 23.2 Å². The van der Waals surface area contributed by atoms with Gasteiger partial charge in [0.2, 0.25) is 5.95 Å². The molecule has 0 N–H and O–H groups in total. The van der Waals surface area contributed by atoms with Crippen LogP contribution in [0.4, 0.5) is 5.95 Å². The number of anilines is 1. The molecule has 2 heterocycles. The molecular weight excluding hydrogens is 319 g/mol. The van der Waals surface area contributed by atoms with Gasteiger partial charge in [-0.25, -0.2) is 9.97 Å². The van der Waals surface area contributed by atoms with Crippen molar-refractivity contribution in [2.75, 3.05) is 31.1 Å². The Balaban J connectivity index is 1.58. The molecule has 1 aliphatic heterocycles. The molecule has 116 valence electrons. The standard InChI is InChI=1S/C16H18Cl2N4/c1-12-4-5-19-16(20-12)22-8-6-21(7-9-22)11-13-2-3-14(17)15(18)10-13/h2-5,10H,6-9,11H2,1H3. The Kier molecular flexibility index (Phi) is 4.81. The molecule has 22 heavy (non-hydrogen) atoms. The third-order valence-electron chi connectivity index (χ3n) is 3.83. The normalized spacial score (nSPS) is 16.0. The van der Waals surface area contributed by atoms with E-state index in [1.807, 2.05) is 37.4 Å². The number of benzene rings is 1. The van der Waals surface area contributed by atoms with Gasteiger partial charge in [0, 0.05) is 44.6 Å². The Morgan fingerprint density at radius 1 is 1.05 bits per heavy atom. The zero-order valence-electron chi connectivity index (χ0n) is 12.5. The monoisotopic (exact) mass is 336 g/mol. The Bertz CT molecular complexity index is 654. The first-order chi connectivity index (χ1) is 10.6. The van der Waals surface area contributed by atoms with Gasteiger partial charge in [-0.05, 0) is 30.7 Å². The van der Waals surface area contributed by atoms with E-state index in [9.17, 15) is 0 Å². The molecule has 6 heteroatoms. The van der Waals surface area contributed by atoms with Crippen LogP contribution in [-0.2, 0) is 6.54 Å². The molecule has 0 amide bonds. The Morgan fingerprint density at radius 3 is 2.50 bits per heavy atom. The van der Waals surface area contributed by atoms with Crippen molar-refractivity contribution in [2.24, 2.45) is 0 Å². The minimum absolute atomic E-state index is 0.604. The average molecular weight is 337 g/mol. The molecule has 0 spiro atoms. The molecule has 0 atom stereocenters. The number of piperazine rings is 1. The van der Waals surface area contributed by atoms with Crippen LogP contribution in [0.15, 0.2) is 30.5 Å². The molecular formula is C16H18Cl2N4. The van der Waals surface area contributed by atoms with E-state index in [-0.39, 0.29) is 0 Å². The molecule has 0 unspecified atom stereocenters. The smallest absolute Gasteiger partial charge is 0.225 e. The second-order valence-electron chi connectivity index (χ2n) is 5.51. The fourth-order valence-electron chi connectivity index (χ4n) is 2.59. The molecule has 0 aliphatic carbocycles. The van der Waals surface area contributed by atoms with E-state index in [0.717, 1.165) is 44.4 Å². The molecule has 0 saturated carbocycles. The molecule has 1 aromatic carbocycles. The molecule has 0 radical (unpaired) electrons. The van der Waals surface area contributed by atoms with Crippen LogP contribution in [0, 0.1) is 6.92 Å². The molecule has 1 fully saturated rings. The highest BCUT2D eigenvalue weighted by molar-refractivity contribution is 6.42. The largest absolute Gasteiger partial charge is 0.338 e. The summed E-state index contributed by atoms with van der Waals surface area (Å²) in [5, 5.41) is 1.22. The first-order valence-electron chi connectivity index (χ1n) is 7.33. The first kappa shape index (κ1) is 15.5. The lowest BCUT2D eigenvalue weighted by Gasteiger charge is -2.34. The predicted octanol–water partition coefficient (Wildman–Crippen LogP) is 3.41. The summed E-state index contributed by atoms with van der Waals surface area (Å²) in [7, 11) is 0. The highest BCUT2D eigenvalue weighted by Crippen LogP contribution is 2.23. The van der Waals surface area contributed by atoms with Crippen molar-refractivity contribution in [2.45, 2.75) is 13.5 Å². The van der Waals surface area contributed by atoms with E-state index in [2.05, 4.69) is 19.8 Å². The summed E-state index contributed by atoms with van der Waals surface area (Å²) in [4.78, 5) is 13.5. The van der Waals surface area contributed by atoms with Gasteiger partial charge in [-0.3, -0.25) is 4.90 Å². The highest BCUT2D eigenvalue weighted by atomic mass is 35.5. The van der Waals surface area contributed by atoms with Crippen LogP contribution in [0.5, 0.6) is 0 Å². The minimum Gasteiger partial charge on any atom is -0.338 e. The summed E-state index contributed by atoms with van der Waals surface area (Å²) in [6, 6.07) is 7.75. The van der Waals surface area contributed by atoms with Crippen LogP contribution < -0.4 is 4.90 Å². The molecule has 0 bridgehead atoms. The van der Waals surface area contributed by atoms with Gasteiger partial charge in [-0.15, -0.1) is 0 Å². The van der Waals surface area contributed by atoms with Crippen molar-refractivity contribution in [1.29, 1.82) is 0 Å². The van der Waals surface area contributed by atoms with Crippen LogP contribution in [-0.4, -0.2) is 41.0 Å². The second-order valence-corrected chi connectivity index (χ2v) is 6.32. The van der Waals surface area contributed by atoms with Crippen molar-refractivity contribution in [3.05, 3.63) is 51.8 Å². The molecule has 1 aromatic heterocycles. The molecule has 2 aromatic rings. The van der Waals surface area contributed by atoms with Crippen molar-refractivity contribution < 1.29 is 0 Å². The maximum atomic E-state index is 6.07. The van der Waals surface area contributed by atoms with Gasteiger partial charge in [0.15, 0.2) is 0 Å². The number of aromatic nitrogens is 2. The SMILES string of the molecule is Cc1ccnc(N2CCN(Cc3ccc(Cl)c(Cl)c3)CC2)n1. The number of halogens is 2. The predicted molar refractivity (Wildman–Crippen MR) is 90.7 cm³/mol. The van der Waals surface area contributed by atoms with E-state index in [1.165, 1.54) is 5.56 Å². The van der Waals surface area contributed by atoms with Crippen LogP contribution in [0.2, 0.25) is 10.0 Å². The van der Waals surface area contributed by atoms with Crippen LogP contribution in [0.1, 0.15) is 11.3 Å². The summed E-state index contributed by atoms with van der Waals surface area (Å²) in [6.45, 7) is 6.72. The maximum Gasteiger partial charge on any atom is 0.225 e. The lowest BCUT2D eigenvalue weighted by atomic mass is 10.2. The lowest BCUT2D eigenvalue weighted by molar-refractivity contribution is 0.248. The highest BCUT2D eigenvalue weighted by Gasteiger charge is 2.19. The van der Waals surface area contributed by atoms with E-state index >= 15 is 0 Å². The molecule has 1 aliphatic rings. The Hall–Kier alpha value is -1.36. The summed E-state index contributed by atoms with van der Waals surface area (Å²) in [5.74, 6) is 0.828. The van der Waals surface area contributed by atoms with Gasteiger partial charge in [0.1, 0.15) is 0 Å². The lowest BCUT2D eigenvalue weighted by Crippen LogP contribution is -2.46. The van der Waals surface area contributed by atoms with E-state index in [0.29, 0.717) is 10.0 Å². The van der Waals surface area contributed by atoms with Gasteiger partial charge < -0.3 is 4.90 Å². The van der Waals surface area contributed by atoms with Gasteiger partial charge >= 0.3 is 0 Å². The van der Waals surface area contributed by atoms with Gasteiger partial charge in [-0.2, -0.15) is 0 Å². The summed E-state index contributed by atoms with van der Waals surface area (Å²) in [6.07, 6.45) is 1.82. The quantitative estimate of drug-likeness (QED) is 0.859. The molecule has 3 rings (SSSR count). The number of hydrogen-bond acceptors (Lipinski definition) is 4. The summed E-state index contributed by atoms with van der Waals surface area (Å²) >= 11 is 12.0. The van der Waals surface area contributed by atoms with Crippen molar-refractivity contribution in [3.63, 3.8) is 0 Å². The maximum absolute atomic E-state index is 6.07. The van der Waals surface area contributed by atoms with Gasteiger partial charge in [-0.1, -0.05) is 29.3 Å². The van der Waals surface area contributed by atoms with E-state index in [1.54, 1.807) is 0 Å². The number of aryl methyl sites for hydroxylation is 1. The Labute approximate surface area is 140 Å².